The Morgan fingerprint density at radius 2 is 1.76 bits per heavy atom. The smallest absolute Gasteiger partial charge is 0.335 e. The summed E-state index contributed by atoms with van der Waals surface area (Å²) in [5.74, 6) is -0.484. The molecule has 2 rings (SSSR count). The van der Waals surface area contributed by atoms with Crippen LogP contribution in [0.15, 0.2) is 42.6 Å². The SMILES string of the molecule is Nc1ccc(Nc2ccc(C(=O)O)cc2)cn1. The molecule has 0 saturated carbocycles. The number of carbonyl (C=O) groups is 1. The predicted octanol–water partition coefficient (Wildman–Crippen LogP) is 2.11. The number of benzene rings is 1. The predicted molar refractivity (Wildman–Crippen MR) is 65.3 cm³/mol. The van der Waals surface area contributed by atoms with E-state index in [-0.39, 0.29) is 5.56 Å². The fraction of sp³-hybridized carbons (Fsp3) is 0. The zero-order valence-electron chi connectivity index (χ0n) is 8.92. The van der Waals surface area contributed by atoms with Crippen LogP contribution in [-0.2, 0) is 0 Å². The van der Waals surface area contributed by atoms with E-state index in [0.717, 1.165) is 11.4 Å². The van der Waals surface area contributed by atoms with Crippen LogP contribution in [0.3, 0.4) is 0 Å². The summed E-state index contributed by atoms with van der Waals surface area (Å²) in [7, 11) is 0. The maximum Gasteiger partial charge on any atom is 0.335 e. The lowest BCUT2D eigenvalue weighted by Crippen LogP contribution is -1.97. The third-order valence-corrected chi connectivity index (χ3v) is 2.21. The Hall–Kier alpha value is -2.56. The number of nitrogens with one attached hydrogen (secondary N) is 1. The molecule has 0 unspecified atom stereocenters. The second-order valence-electron chi connectivity index (χ2n) is 3.48. The number of hydrogen-bond donors (Lipinski definition) is 3. The lowest BCUT2D eigenvalue weighted by atomic mass is 10.2. The third-order valence-electron chi connectivity index (χ3n) is 2.21. The van der Waals surface area contributed by atoms with Crippen molar-refractivity contribution < 1.29 is 9.90 Å². The van der Waals surface area contributed by atoms with Crippen LogP contribution in [0.2, 0.25) is 0 Å². The molecule has 86 valence electrons. The van der Waals surface area contributed by atoms with Gasteiger partial charge in [0.25, 0.3) is 0 Å². The maximum atomic E-state index is 10.7. The molecule has 0 fully saturated rings. The molecule has 0 aliphatic carbocycles. The molecule has 0 spiro atoms. The van der Waals surface area contributed by atoms with Crippen LogP contribution < -0.4 is 11.1 Å². The number of nitrogens with two attached hydrogens (primary N) is 1. The minimum atomic E-state index is -0.939. The zero-order chi connectivity index (χ0) is 12.3. The summed E-state index contributed by atoms with van der Waals surface area (Å²) in [5, 5.41) is 11.8. The van der Waals surface area contributed by atoms with Gasteiger partial charge in [-0.05, 0) is 36.4 Å². The standard InChI is InChI=1S/C12H11N3O2/c13-11-6-5-10(7-14-11)15-9-3-1-8(2-4-9)12(16)17/h1-7,15H,(H2,13,14)(H,16,17). The first-order valence-electron chi connectivity index (χ1n) is 4.97. The first-order chi connectivity index (χ1) is 8.15. The molecule has 17 heavy (non-hydrogen) atoms. The van der Waals surface area contributed by atoms with Crippen LogP contribution in [-0.4, -0.2) is 16.1 Å². The summed E-state index contributed by atoms with van der Waals surface area (Å²) in [6, 6.07) is 9.95. The number of nitrogen functional groups attached to an aromatic ring is 1. The third kappa shape index (κ3) is 2.72. The number of rotatable bonds is 3. The fourth-order valence-corrected chi connectivity index (χ4v) is 1.34. The van der Waals surface area contributed by atoms with E-state index in [2.05, 4.69) is 10.3 Å². The number of pyridine rings is 1. The van der Waals surface area contributed by atoms with Gasteiger partial charge in [-0.2, -0.15) is 0 Å². The molecule has 0 atom stereocenters. The quantitative estimate of drug-likeness (QED) is 0.750. The lowest BCUT2D eigenvalue weighted by molar-refractivity contribution is 0.0697. The molecule has 0 aliphatic rings. The molecule has 0 bridgehead atoms. The number of hydrogen-bond acceptors (Lipinski definition) is 4. The van der Waals surface area contributed by atoms with E-state index in [1.165, 1.54) is 12.1 Å². The summed E-state index contributed by atoms with van der Waals surface area (Å²) in [5.41, 5.74) is 7.31. The number of anilines is 3. The lowest BCUT2D eigenvalue weighted by Gasteiger charge is -2.06. The zero-order valence-corrected chi connectivity index (χ0v) is 8.92. The Labute approximate surface area is 97.9 Å². The van der Waals surface area contributed by atoms with Crippen molar-refractivity contribution in [2.24, 2.45) is 0 Å². The van der Waals surface area contributed by atoms with Crippen LogP contribution >= 0.6 is 0 Å². The van der Waals surface area contributed by atoms with Crippen molar-refractivity contribution in [1.82, 2.24) is 4.98 Å². The minimum absolute atomic E-state index is 0.256. The summed E-state index contributed by atoms with van der Waals surface area (Å²) in [4.78, 5) is 14.6. The fourth-order valence-electron chi connectivity index (χ4n) is 1.34. The van der Waals surface area contributed by atoms with E-state index in [1.54, 1.807) is 30.5 Å². The number of carboxylic acids is 1. The molecule has 5 nitrogen and oxygen atoms in total. The van der Waals surface area contributed by atoms with Crippen molar-refractivity contribution in [2.45, 2.75) is 0 Å². The maximum absolute atomic E-state index is 10.7. The second-order valence-corrected chi connectivity index (χ2v) is 3.48. The number of carboxylic acid groups (broad SMARTS) is 1. The summed E-state index contributed by atoms with van der Waals surface area (Å²) in [6.45, 7) is 0. The molecule has 0 saturated heterocycles. The Bertz CT molecular complexity index is 520. The van der Waals surface area contributed by atoms with Crippen LogP contribution in [0.25, 0.3) is 0 Å². The topological polar surface area (TPSA) is 88.2 Å². The van der Waals surface area contributed by atoms with Gasteiger partial charge in [-0.3, -0.25) is 0 Å². The van der Waals surface area contributed by atoms with Gasteiger partial charge in [0.15, 0.2) is 0 Å². The van der Waals surface area contributed by atoms with Gasteiger partial charge >= 0.3 is 5.97 Å². The Kier molecular flexibility index (Phi) is 2.91. The molecule has 1 aromatic carbocycles. The average molecular weight is 229 g/mol. The summed E-state index contributed by atoms with van der Waals surface area (Å²) < 4.78 is 0. The number of nitrogens with zero attached hydrogens (tertiary/aromatic N) is 1. The van der Waals surface area contributed by atoms with Gasteiger partial charge in [0.05, 0.1) is 17.4 Å². The normalized spacial score (nSPS) is 9.88. The van der Waals surface area contributed by atoms with Crippen molar-refractivity contribution in [3.8, 4) is 0 Å². The van der Waals surface area contributed by atoms with E-state index in [4.69, 9.17) is 10.8 Å². The van der Waals surface area contributed by atoms with Crippen molar-refractivity contribution in [2.75, 3.05) is 11.1 Å². The van der Waals surface area contributed by atoms with Crippen molar-refractivity contribution in [3.63, 3.8) is 0 Å². The van der Waals surface area contributed by atoms with E-state index >= 15 is 0 Å². The van der Waals surface area contributed by atoms with Gasteiger partial charge in [-0.15, -0.1) is 0 Å². The summed E-state index contributed by atoms with van der Waals surface area (Å²) >= 11 is 0. The van der Waals surface area contributed by atoms with Crippen molar-refractivity contribution in [1.29, 1.82) is 0 Å². The highest BCUT2D eigenvalue weighted by molar-refractivity contribution is 5.88. The highest BCUT2D eigenvalue weighted by atomic mass is 16.4. The first kappa shape index (κ1) is 10.9. The Morgan fingerprint density at radius 3 is 2.29 bits per heavy atom. The minimum Gasteiger partial charge on any atom is -0.478 e. The molecule has 1 aromatic heterocycles. The molecule has 0 amide bonds. The monoisotopic (exact) mass is 229 g/mol. The number of aromatic carboxylic acids is 1. The second kappa shape index (κ2) is 4.52. The van der Waals surface area contributed by atoms with Gasteiger partial charge < -0.3 is 16.2 Å². The van der Waals surface area contributed by atoms with E-state index in [1.807, 2.05) is 0 Å². The van der Waals surface area contributed by atoms with E-state index in [9.17, 15) is 4.79 Å². The largest absolute Gasteiger partial charge is 0.478 e. The average Bonchev–Trinajstić information content (AvgIpc) is 2.33. The molecule has 4 N–H and O–H groups in total. The van der Waals surface area contributed by atoms with Gasteiger partial charge in [0.1, 0.15) is 5.82 Å². The van der Waals surface area contributed by atoms with Crippen LogP contribution in [0.1, 0.15) is 10.4 Å². The molecule has 0 aliphatic heterocycles. The van der Waals surface area contributed by atoms with E-state index in [0.29, 0.717) is 5.82 Å². The summed E-state index contributed by atoms with van der Waals surface area (Å²) in [6.07, 6.45) is 1.61. The van der Waals surface area contributed by atoms with Crippen LogP contribution in [0, 0.1) is 0 Å². The molecule has 2 aromatic rings. The van der Waals surface area contributed by atoms with E-state index < -0.39 is 5.97 Å². The number of aromatic nitrogens is 1. The first-order valence-corrected chi connectivity index (χ1v) is 4.97. The molecule has 0 radical (unpaired) electrons. The van der Waals surface area contributed by atoms with Gasteiger partial charge in [0.2, 0.25) is 0 Å². The molecule has 1 heterocycles. The Balaban J connectivity index is 2.13. The van der Waals surface area contributed by atoms with Gasteiger partial charge in [-0.25, -0.2) is 9.78 Å². The molecule has 5 heteroatoms. The highest BCUT2D eigenvalue weighted by Crippen LogP contribution is 2.16. The van der Waals surface area contributed by atoms with Crippen LogP contribution in [0.4, 0.5) is 17.2 Å². The van der Waals surface area contributed by atoms with Gasteiger partial charge in [0, 0.05) is 5.69 Å². The van der Waals surface area contributed by atoms with Crippen molar-refractivity contribution >= 4 is 23.2 Å². The highest BCUT2D eigenvalue weighted by Gasteiger charge is 2.01. The Morgan fingerprint density at radius 1 is 1.12 bits per heavy atom. The van der Waals surface area contributed by atoms with Crippen LogP contribution in [0.5, 0.6) is 0 Å². The molecular weight excluding hydrogens is 218 g/mol. The molecular formula is C12H11N3O2. The van der Waals surface area contributed by atoms with Gasteiger partial charge in [-0.1, -0.05) is 0 Å². The van der Waals surface area contributed by atoms with Crippen molar-refractivity contribution in [3.05, 3.63) is 48.2 Å².